The minimum atomic E-state index is -3.70. The summed E-state index contributed by atoms with van der Waals surface area (Å²) in [6.07, 6.45) is -3.14. The number of para-hydroxylation sites is 1. The zero-order valence-electron chi connectivity index (χ0n) is 15.9. The average molecular weight is 423 g/mol. The fraction of sp³-hybridized carbons (Fsp3) is 0.278. The van der Waals surface area contributed by atoms with Gasteiger partial charge in [0.15, 0.2) is 0 Å². The molecule has 1 heterocycles. The molecular formula is C18H19F2N5O3S. The van der Waals surface area contributed by atoms with Crippen LogP contribution in [-0.4, -0.2) is 41.8 Å². The van der Waals surface area contributed by atoms with Gasteiger partial charge in [0.05, 0.1) is 11.9 Å². The van der Waals surface area contributed by atoms with Gasteiger partial charge in [0.1, 0.15) is 5.75 Å². The summed E-state index contributed by atoms with van der Waals surface area (Å²) in [4.78, 5) is 1.27. The second-order valence-corrected chi connectivity index (χ2v) is 8.21. The molecule has 1 N–H and O–H groups in total. The lowest BCUT2D eigenvalue weighted by Gasteiger charge is -2.17. The number of tetrazole rings is 1. The van der Waals surface area contributed by atoms with Gasteiger partial charge in [-0.25, -0.2) is 13.1 Å². The number of aryl methyl sites for hydroxylation is 1. The Bertz CT molecular complexity index is 1130. The van der Waals surface area contributed by atoms with Gasteiger partial charge < -0.3 is 4.74 Å². The number of hydrogen-bond donors (Lipinski definition) is 1. The summed E-state index contributed by atoms with van der Waals surface area (Å²) in [5, 5.41) is 11.9. The fourth-order valence-electron chi connectivity index (χ4n) is 2.74. The van der Waals surface area contributed by atoms with Gasteiger partial charge in [-0.15, -0.1) is 10.2 Å². The maximum Gasteiger partial charge on any atom is 0.394 e. The van der Waals surface area contributed by atoms with Crippen LogP contribution in [0.25, 0.3) is 11.4 Å². The first-order valence-electron chi connectivity index (χ1n) is 8.54. The summed E-state index contributed by atoms with van der Waals surface area (Å²) < 4.78 is 58.1. The van der Waals surface area contributed by atoms with Crippen LogP contribution in [0, 0.1) is 0 Å². The molecule has 0 amide bonds. The van der Waals surface area contributed by atoms with Gasteiger partial charge in [-0.3, -0.25) is 0 Å². The minimum Gasteiger partial charge on any atom is -0.432 e. The topological polar surface area (TPSA) is 99.0 Å². The summed E-state index contributed by atoms with van der Waals surface area (Å²) in [6, 6.07) is 10.9. The number of benzene rings is 2. The third kappa shape index (κ3) is 4.93. The van der Waals surface area contributed by atoms with E-state index in [1.165, 1.54) is 30.0 Å². The van der Waals surface area contributed by atoms with Crippen molar-refractivity contribution >= 4 is 10.0 Å². The Morgan fingerprint density at radius 3 is 2.52 bits per heavy atom. The summed E-state index contributed by atoms with van der Waals surface area (Å²) in [5.41, 5.74) is 1.55. The third-order valence-electron chi connectivity index (χ3n) is 4.05. The number of rotatable bonds is 7. The molecule has 0 saturated carbocycles. The van der Waals surface area contributed by atoms with Crippen LogP contribution in [-0.2, 0) is 23.5 Å². The number of alkyl halides is 2. The minimum absolute atomic E-state index is 0.0239. The molecule has 11 heteroatoms. The Balaban J connectivity index is 2.09. The largest absolute Gasteiger partial charge is 0.432 e. The van der Waals surface area contributed by atoms with E-state index in [-0.39, 0.29) is 22.9 Å². The zero-order chi connectivity index (χ0) is 21.2. The number of hydrogen-bond acceptors (Lipinski definition) is 6. The molecule has 0 aliphatic rings. The molecular weight excluding hydrogens is 404 g/mol. The molecule has 0 bridgehead atoms. The van der Waals surface area contributed by atoms with Crippen LogP contribution < -0.4 is 9.46 Å². The van der Waals surface area contributed by atoms with Crippen molar-refractivity contribution in [1.82, 2.24) is 24.9 Å². The number of halogens is 2. The molecule has 154 valence electrons. The quantitative estimate of drug-likeness (QED) is 0.626. The molecule has 2 aromatic carbocycles. The molecule has 0 fully saturated rings. The van der Waals surface area contributed by atoms with E-state index in [2.05, 4.69) is 20.1 Å². The van der Waals surface area contributed by atoms with Gasteiger partial charge >= 0.3 is 6.11 Å². The lowest BCUT2D eigenvalue weighted by atomic mass is 9.98. The second-order valence-electron chi connectivity index (χ2n) is 6.32. The molecule has 8 nitrogen and oxygen atoms in total. The highest BCUT2D eigenvalue weighted by atomic mass is 32.2. The van der Waals surface area contributed by atoms with Gasteiger partial charge in [-0.05, 0) is 41.6 Å². The highest BCUT2D eigenvalue weighted by Crippen LogP contribution is 2.31. The molecule has 0 saturated heterocycles. The zero-order valence-corrected chi connectivity index (χ0v) is 16.7. The first kappa shape index (κ1) is 20.8. The molecule has 1 aromatic heterocycles. The standard InChI is InChI=1S/C18H19F2N5O3S/c1-18(19,20)28-16-7-5-4-6-13(16)10-12-8-9-14(29(26,27)21-2)11-15(12)17-22-24-25(3)23-17/h4-9,11,21H,10H2,1-3H3. The molecule has 0 unspecified atom stereocenters. The molecule has 0 radical (unpaired) electrons. The Morgan fingerprint density at radius 1 is 1.17 bits per heavy atom. The lowest BCUT2D eigenvalue weighted by Crippen LogP contribution is -2.20. The smallest absolute Gasteiger partial charge is 0.394 e. The number of nitrogens with one attached hydrogen (secondary N) is 1. The van der Waals surface area contributed by atoms with E-state index in [1.807, 2.05) is 0 Å². The SMILES string of the molecule is CNS(=O)(=O)c1ccc(Cc2ccccc2OC(C)(F)F)c(-c2nnn(C)n2)c1. The Kier molecular flexibility index (Phi) is 5.62. The predicted molar refractivity (Wildman–Crippen MR) is 101 cm³/mol. The van der Waals surface area contributed by atoms with E-state index in [4.69, 9.17) is 4.74 Å². The third-order valence-corrected chi connectivity index (χ3v) is 5.46. The number of ether oxygens (including phenoxy) is 1. The van der Waals surface area contributed by atoms with Crippen molar-refractivity contribution in [3.8, 4) is 17.1 Å². The van der Waals surface area contributed by atoms with E-state index >= 15 is 0 Å². The molecule has 0 atom stereocenters. The Labute approximate surface area is 166 Å². The van der Waals surface area contributed by atoms with E-state index in [0.717, 1.165) is 0 Å². The van der Waals surface area contributed by atoms with Gasteiger partial charge in [-0.1, -0.05) is 24.3 Å². The van der Waals surface area contributed by atoms with E-state index in [9.17, 15) is 17.2 Å². The van der Waals surface area contributed by atoms with E-state index in [1.54, 1.807) is 31.3 Å². The van der Waals surface area contributed by atoms with Crippen molar-refractivity contribution in [1.29, 1.82) is 0 Å². The van der Waals surface area contributed by atoms with Gasteiger partial charge in [0, 0.05) is 18.9 Å². The summed E-state index contributed by atoms with van der Waals surface area (Å²) in [7, 11) is -0.813. The van der Waals surface area contributed by atoms with Crippen molar-refractivity contribution in [2.45, 2.75) is 24.3 Å². The van der Waals surface area contributed by atoms with Crippen molar-refractivity contribution in [3.05, 3.63) is 53.6 Å². The van der Waals surface area contributed by atoms with Crippen molar-refractivity contribution in [2.24, 2.45) is 7.05 Å². The average Bonchev–Trinajstić information content (AvgIpc) is 3.08. The van der Waals surface area contributed by atoms with Gasteiger partial charge in [-0.2, -0.15) is 13.6 Å². The number of aromatic nitrogens is 4. The lowest BCUT2D eigenvalue weighted by molar-refractivity contribution is -0.159. The van der Waals surface area contributed by atoms with Gasteiger partial charge in [0.2, 0.25) is 15.8 Å². The van der Waals surface area contributed by atoms with E-state index in [0.29, 0.717) is 23.6 Å². The monoisotopic (exact) mass is 423 g/mol. The maximum absolute atomic E-state index is 13.4. The van der Waals surface area contributed by atoms with Crippen LogP contribution in [0.3, 0.4) is 0 Å². The number of nitrogens with zero attached hydrogens (tertiary/aromatic N) is 4. The summed E-state index contributed by atoms with van der Waals surface area (Å²) in [6.45, 7) is 0.663. The maximum atomic E-state index is 13.4. The van der Waals surface area contributed by atoms with Crippen molar-refractivity contribution in [3.63, 3.8) is 0 Å². The molecule has 29 heavy (non-hydrogen) atoms. The van der Waals surface area contributed by atoms with Crippen molar-refractivity contribution in [2.75, 3.05) is 7.05 Å². The molecule has 0 aliphatic carbocycles. The molecule has 0 aliphatic heterocycles. The second kappa shape index (κ2) is 7.84. The predicted octanol–water partition coefficient (Wildman–Crippen LogP) is 2.37. The summed E-state index contributed by atoms with van der Waals surface area (Å²) in [5.74, 6) is 0.250. The fourth-order valence-corrected chi connectivity index (χ4v) is 3.50. The van der Waals surface area contributed by atoms with Crippen molar-refractivity contribution < 1.29 is 21.9 Å². The Morgan fingerprint density at radius 2 is 1.90 bits per heavy atom. The Hall–Kier alpha value is -2.92. The highest BCUT2D eigenvalue weighted by Gasteiger charge is 2.25. The molecule has 0 spiro atoms. The van der Waals surface area contributed by atoms with Crippen LogP contribution >= 0.6 is 0 Å². The van der Waals surface area contributed by atoms with Crippen LogP contribution in [0.4, 0.5) is 8.78 Å². The van der Waals surface area contributed by atoms with Crippen LogP contribution in [0.1, 0.15) is 18.1 Å². The summed E-state index contributed by atoms with van der Waals surface area (Å²) >= 11 is 0. The first-order valence-corrected chi connectivity index (χ1v) is 10.0. The van der Waals surface area contributed by atoms with Crippen LogP contribution in [0.15, 0.2) is 47.4 Å². The van der Waals surface area contributed by atoms with Crippen LogP contribution in [0.5, 0.6) is 5.75 Å². The number of sulfonamides is 1. The highest BCUT2D eigenvalue weighted by molar-refractivity contribution is 7.89. The first-order chi connectivity index (χ1) is 13.6. The van der Waals surface area contributed by atoms with Gasteiger partial charge in [0.25, 0.3) is 0 Å². The molecule has 3 aromatic rings. The molecule has 3 rings (SSSR count). The van der Waals surface area contributed by atoms with Crippen LogP contribution in [0.2, 0.25) is 0 Å². The van der Waals surface area contributed by atoms with E-state index < -0.39 is 16.1 Å². The normalized spacial score (nSPS) is 12.2.